The van der Waals surface area contributed by atoms with Crippen molar-refractivity contribution in [3.8, 4) is 0 Å². The molecule has 1 rings (SSSR count). The summed E-state index contributed by atoms with van der Waals surface area (Å²) >= 11 is 0. The maximum Gasteiger partial charge on any atom is 0.290 e. The van der Waals surface area contributed by atoms with E-state index in [-0.39, 0.29) is 0 Å². The first-order valence-electron chi connectivity index (χ1n) is 5.37. The minimum absolute atomic E-state index is 0.684. The highest BCUT2D eigenvalue weighted by Gasteiger charge is 2.22. The maximum atomic E-state index is 3.17. The summed E-state index contributed by atoms with van der Waals surface area (Å²) in [5, 5.41) is 3.17. The van der Waals surface area contributed by atoms with Crippen LogP contribution in [-0.4, -0.2) is 45.2 Å². The minimum Gasteiger partial charge on any atom is -0.379 e. The van der Waals surface area contributed by atoms with E-state index in [1.807, 2.05) is 15.1 Å². The van der Waals surface area contributed by atoms with Gasteiger partial charge in [-0.25, -0.2) is 0 Å². The highest BCUT2D eigenvalue weighted by molar-refractivity contribution is 6.65. The van der Waals surface area contributed by atoms with Gasteiger partial charge in [-0.15, -0.1) is 0 Å². The fourth-order valence-electron chi connectivity index (χ4n) is 1.52. The van der Waals surface area contributed by atoms with Gasteiger partial charge in [0.2, 0.25) is 0 Å². The Bertz CT molecular complexity index is 150. The summed E-state index contributed by atoms with van der Waals surface area (Å²) in [7, 11) is 6.18. The predicted molar refractivity (Wildman–Crippen MR) is 63.5 cm³/mol. The molecule has 75 valence electrons. The smallest absolute Gasteiger partial charge is 0.290 e. The fraction of sp³-hybridized carbons (Fsp3) is 1.00. The van der Waals surface area contributed by atoms with Crippen LogP contribution in [0.5, 0.6) is 0 Å². The lowest BCUT2D eigenvalue weighted by atomic mass is 9.76. The van der Waals surface area contributed by atoms with Crippen molar-refractivity contribution in [1.82, 2.24) is 14.6 Å². The van der Waals surface area contributed by atoms with Gasteiger partial charge in [0.1, 0.15) is 0 Å². The Morgan fingerprint density at radius 1 is 0.929 bits per heavy atom. The topological polar surface area (TPSA) is 18.5 Å². The number of nitrogens with zero attached hydrogens (tertiary/aromatic N) is 2. The lowest BCUT2D eigenvalue weighted by Gasteiger charge is -2.35. The van der Waals surface area contributed by atoms with Gasteiger partial charge in [0.15, 0.2) is 0 Å². The lowest BCUT2D eigenvalue weighted by Crippen LogP contribution is -2.60. The van der Waals surface area contributed by atoms with Crippen LogP contribution in [0.4, 0.5) is 0 Å². The van der Waals surface area contributed by atoms with Crippen LogP contribution in [0.25, 0.3) is 0 Å². The molecule has 1 heterocycles. The average Bonchev–Trinajstić information content (AvgIpc) is 2.01. The van der Waals surface area contributed by atoms with E-state index < -0.39 is 0 Å². The van der Waals surface area contributed by atoms with E-state index in [9.17, 15) is 0 Å². The van der Waals surface area contributed by atoms with E-state index in [1.165, 1.54) is 0 Å². The molecule has 0 unspecified atom stereocenters. The zero-order valence-corrected chi connectivity index (χ0v) is 9.70. The van der Waals surface area contributed by atoms with Crippen molar-refractivity contribution in [2.45, 2.75) is 27.7 Å². The fourth-order valence-corrected chi connectivity index (χ4v) is 1.52. The number of hydrogen-bond donors (Lipinski definition) is 1. The molecule has 0 aromatic rings. The van der Waals surface area contributed by atoms with Crippen molar-refractivity contribution in [2.75, 3.05) is 13.1 Å². The molecule has 0 aromatic carbocycles. The SMILES string of the molecule is CC(C)CN1[B]N[B]N(CC(C)C)[B]1. The van der Waals surface area contributed by atoms with Gasteiger partial charge < -0.3 is 14.6 Å². The molecule has 1 fully saturated rings. The summed E-state index contributed by atoms with van der Waals surface area (Å²) in [5.41, 5.74) is 0. The van der Waals surface area contributed by atoms with E-state index >= 15 is 0 Å². The van der Waals surface area contributed by atoms with Crippen LogP contribution in [0.1, 0.15) is 27.7 Å². The molecular formula is C8H19B3N3. The van der Waals surface area contributed by atoms with Gasteiger partial charge >= 0.3 is 0 Å². The van der Waals surface area contributed by atoms with Crippen LogP contribution >= 0.6 is 0 Å². The second-order valence-electron chi connectivity index (χ2n) is 4.72. The third-order valence-electron chi connectivity index (χ3n) is 1.93. The summed E-state index contributed by atoms with van der Waals surface area (Å²) in [6.45, 7) is 11.0. The molecule has 14 heavy (non-hydrogen) atoms. The molecule has 1 aliphatic heterocycles. The van der Waals surface area contributed by atoms with Crippen molar-refractivity contribution in [3.63, 3.8) is 0 Å². The molecule has 1 aliphatic rings. The van der Waals surface area contributed by atoms with Crippen LogP contribution in [0.3, 0.4) is 0 Å². The normalized spacial score (nSPS) is 19.3. The molecule has 0 atom stereocenters. The molecule has 0 saturated carbocycles. The molecule has 0 aliphatic carbocycles. The van der Waals surface area contributed by atoms with E-state index in [2.05, 4.69) is 49.8 Å². The Morgan fingerprint density at radius 2 is 1.36 bits per heavy atom. The summed E-state index contributed by atoms with van der Waals surface area (Å²) in [6, 6.07) is 0. The Labute approximate surface area is 90.5 Å². The van der Waals surface area contributed by atoms with Crippen molar-refractivity contribution < 1.29 is 0 Å². The molecule has 3 radical (unpaired) electrons. The van der Waals surface area contributed by atoms with E-state index in [0.717, 1.165) is 13.1 Å². The van der Waals surface area contributed by atoms with Crippen LogP contribution in [0.2, 0.25) is 0 Å². The number of nitrogens with one attached hydrogen (secondary N) is 1. The van der Waals surface area contributed by atoms with Crippen molar-refractivity contribution in [3.05, 3.63) is 0 Å². The molecule has 3 nitrogen and oxygen atoms in total. The minimum atomic E-state index is 0.684. The van der Waals surface area contributed by atoms with Crippen molar-refractivity contribution in [2.24, 2.45) is 11.8 Å². The first-order valence-corrected chi connectivity index (χ1v) is 5.37. The van der Waals surface area contributed by atoms with Gasteiger partial charge in [-0.1, -0.05) is 27.7 Å². The number of rotatable bonds is 4. The Balaban J connectivity index is 2.28. The first-order chi connectivity index (χ1) is 6.58. The zero-order valence-electron chi connectivity index (χ0n) is 9.70. The Hall–Kier alpha value is 0.0748. The molecule has 0 amide bonds. The summed E-state index contributed by atoms with van der Waals surface area (Å²) in [5.74, 6) is 1.37. The van der Waals surface area contributed by atoms with Gasteiger partial charge in [-0.3, -0.25) is 0 Å². The monoisotopic (exact) mass is 190 g/mol. The highest BCUT2D eigenvalue weighted by Crippen LogP contribution is 2.02. The average molecular weight is 190 g/mol. The molecular weight excluding hydrogens is 171 g/mol. The van der Waals surface area contributed by atoms with Crippen molar-refractivity contribution in [1.29, 1.82) is 0 Å². The third-order valence-corrected chi connectivity index (χ3v) is 1.93. The Kier molecular flexibility index (Phi) is 5.06. The quantitative estimate of drug-likeness (QED) is 0.634. The van der Waals surface area contributed by atoms with Gasteiger partial charge in [0, 0.05) is 0 Å². The van der Waals surface area contributed by atoms with E-state index in [0.29, 0.717) is 11.8 Å². The lowest BCUT2D eigenvalue weighted by molar-refractivity contribution is 0.454. The summed E-state index contributed by atoms with van der Waals surface area (Å²) in [4.78, 5) is 0. The highest BCUT2D eigenvalue weighted by atomic mass is 15.2. The summed E-state index contributed by atoms with van der Waals surface area (Å²) in [6.07, 6.45) is 0. The predicted octanol–water partition coefficient (Wildman–Crippen LogP) is 0.108. The molecule has 1 saturated heterocycles. The first kappa shape index (κ1) is 12.1. The van der Waals surface area contributed by atoms with E-state index in [1.54, 1.807) is 0 Å². The molecule has 0 spiro atoms. The maximum absolute atomic E-state index is 3.17. The van der Waals surface area contributed by atoms with E-state index in [4.69, 9.17) is 0 Å². The molecule has 1 N–H and O–H groups in total. The van der Waals surface area contributed by atoms with Gasteiger partial charge in [-0.05, 0) is 24.9 Å². The van der Waals surface area contributed by atoms with Crippen molar-refractivity contribution >= 4 is 22.6 Å². The summed E-state index contributed by atoms with van der Waals surface area (Å²) < 4.78 is 4.40. The van der Waals surface area contributed by atoms with Crippen LogP contribution < -0.4 is 5.14 Å². The molecule has 6 heteroatoms. The second-order valence-corrected chi connectivity index (χ2v) is 4.72. The second kappa shape index (κ2) is 5.84. The standard InChI is InChI=1S/C8H19B3N3/c1-7(2)5-13-9-12-10-14(11-13)6-8(3)4/h7-8,12H,5-6H2,1-4H3. The van der Waals surface area contributed by atoms with Gasteiger partial charge in [-0.2, -0.15) is 0 Å². The van der Waals surface area contributed by atoms with Gasteiger partial charge in [0.25, 0.3) is 22.6 Å². The molecule has 0 bridgehead atoms. The van der Waals surface area contributed by atoms with Crippen LogP contribution in [-0.2, 0) is 0 Å². The number of hydrogen-bond acceptors (Lipinski definition) is 3. The van der Waals surface area contributed by atoms with Crippen LogP contribution in [0, 0.1) is 11.8 Å². The van der Waals surface area contributed by atoms with Crippen LogP contribution in [0.15, 0.2) is 0 Å². The zero-order chi connectivity index (χ0) is 10.6. The van der Waals surface area contributed by atoms with Gasteiger partial charge in [0.05, 0.1) is 0 Å². The molecule has 0 aromatic heterocycles. The largest absolute Gasteiger partial charge is 0.379 e. The Morgan fingerprint density at radius 3 is 1.71 bits per heavy atom. The third kappa shape index (κ3) is 4.53.